The summed E-state index contributed by atoms with van der Waals surface area (Å²) in [4.78, 5) is 13.2. The zero-order valence-corrected chi connectivity index (χ0v) is 59.0. The number of carbonyl (C=O) groups is 1. The van der Waals surface area contributed by atoms with Gasteiger partial charge in [0.15, 0.2) is 6.29 Å². The van der Waals surface area contributed by atoms with Crippen LogP contribution in [0.1, 0.15) is 399 Å². The van der Waals surface area contributed by atoms with Gasteiger partial charge in [0, 0.05) is 6.42 Å². The summed E-state index contributed by atoms with van der Waals surface area (Å²) >= 11 is 0. The number of ether oxygens (including phenoxy) is 2. The van der Waals surface area contributed by atoms with E-state index in [2.05, 4.69) is 55.6 Å². The standard InChI is InChI=1S/C80H151NO8/c1-3-5-7-9-11-13-15-17-19-21-23-25-27-29-31-33-35-37-39-41-43-45-47-49-51-53-55-57-59-61-63-65-67-69-74(83)73(72-88-80-79(87)78(86)77(85)75(71-82)89-80)81-76(84)70-68-66-64-62-60-58-56-54-52-50-48-46-44-42-40-38-36-34-32-30-28-26-24-22-20-18-16-14-12-10-8-6-4-2/h16,18,22,24,59,61,67,69,73-75,77-80,82-83,85-87H,3-15,17,19-21,23,25-58,60,62-66,68,70-72H2,1-2H3,(H,81,84)/b18-16-,24-22-,61-59+,69-67+. The number of rotatable bonds is 70. The molecule has 0 radical (unpaired) electrons. The Morgan fingerprint density at radius 2 is 0.674 bits per heavy atom. The van der Waals surface area contributed by atoms with E-state index in [0.717, 1.165) is 44.9 Å². The molecule has 0 spiro atoms. The monoisotopic (exact) mass is 1250 g/mol. The first-order valence-electron chi connectivity index (χ1n) is 39.4. The second-order valence-electron chi connectivity index (χ2n) is 27.5. The van der Waals surface area contributed by atoms with Gasteiger partial charge in [-0.1, -0.05) is 377 Å². The van der Waals surface area contributed by atoms with Crippen LogP contribution < -0.4 is 5.32 Å². The number of carbonyl (C=O) groups excluding carboxylic acids is 1. The van der Waals surface area contributed by atoms with Crippen LogP contribution in [0.3, 0.4) is 0 Å². The van der Waals surface area contributed by atoms with Gasteiger partial charge in [-0.15, -0.1) is 0 Å². The lowest BCUT2D eigenvalue weighted by molar-refractivity contribution is -0.302. The number of amides is 1. The van der Waals surface area contributed by atoms with Crippen molar-refractivity contribution in [2.75, 3.05) is 13.2 Å². The topological polar surface area (TPSA) is 149 Å². The highest BCUT2D eigenvalue weighted by Crippen LogP contribution is 2.24. The van der Waals surface area contributed by atoms with Gasteiger partial charge in [0.05, 0.1) is 25.4 Å². The van der Waals surface area contributed by atoms with Crippen molar-refractivity contribution in [2.24, 2.45) is 0 Å². The normalized spacial score (nSPS) is 18.0. The van der Waals surface area contributed by atoms with Crippen LogP contribution in [0.4, 0.5) is 0 Å². The Morgan fingerprint density at radius 1 is 0.382 bits per heavy atom. The first-order chi connectivity index (χ1) is 43.8. The van der Waals surface area contributed by atoms with E-state index in [1.54, 1.807) is 6.08 Å². The van der Waals surface area contributed by atoms with Crippen LogP contribution in [0.15, 0.2) is 48.6 Å². The van der Waals surface area contributed by atoms with E-state index in [4.69, 9.17) is 9.47 Å². The second-order valence-corrected chi connectivity index (χ2v) is 27.5. The summed E-state index contributed by atoms with van der Waals surface area (Å²) in [7, 11) is 0. The number of unbranched alkanes of at least 4 members (excludes halogenated alkanes) is 54. The Bertz CT molecular complexity index is 1550. The summed E-state index contributed by atoms with van der Waals surface area (Å²) in [5.74, 6) is -0.179. The fourth-order valence-corrected chi connectivity index (χ4v) is 12.7. The lowest BCUT2D eigenvalue weighted by Crippen LogP contribution is -2.60. The van der Waals surface area contributed by atoms with E-state index in [0.29, 0.717) is 6.42 Å². The van der Waals surface area contributed by atoms with Gasteiger partial charge in [0.2, 0.25) is 5.91 Å². The predicted molar refractivity (Wildman–Crippen MR) is 383 cm³/mol. The summed E-state index contributed by atoms with van der Waals surface area (Å²) in [6.07, 6.45) is 88.3. The predicted octanol–water partition coefficient (Wildman–Crippen LogP) is 22.3. The summed E-state index contributed by atoms with van der Waals surface area (Å²) < 4.78 is 11.3. The average molecular weight is 1260 g/mol. The SMILES string of the molecule is CCCCCCC/C=C\C/C=C\CCCCCCCCCCCCCCCCCCCCCCCC(=O)NC(COC1OC(CO)C(O)C(O)C1O)C(O)/C=C/CC/C=C/CCCCCCCCCCCCCCCCCCCCCCCCCCCCC. The summed E-state index contributed by atoms with van der Waals surface area (Å²) in [5, 5.41) is 54.9. The van der Waals surface area contributed by atoms with Gasteiger partial charge in [0.1, 0.15) is 24.4 Å². The van der Waals surface area contributed by atoms with Gasteiger partial charge < -0.3 is 40.3 Å². The molecule has 0 aromatic carbocycles. The Hall–Kier alpha value is -1.85. The molecule has 0 aromatic rings. The summed E-state index contributed by atoms with van der Waals surface area (Å²) in [6.45, 7) is 3.81. The van der Waals surface area contributed by atoms with Gasteiger partial charge in [-0.25, -0.2) is 0 Å². The maximum Gasteiger partial charge on any atom is 0.220 e. The van der Waals surface area contributed by atoms with E-state index in [1.165, 1.54) is 334 Å². The van der Waals surface area contributed by atoms with Crippen LogP contribution in [0, 0.1) is 0 Å². The number of nitrogens with one attached hydrogen (secondary N) is 1. The molecular weight excluding hydrogens is 1100 g/mol. The van der Waals surface area contributed by atoms with E-state index < -0.39 is 49.5 Å². The van der Waals surface area contributed by atoms with Crippen molar-refractivity contribution in [3.05, 3.63) is 48.6 Å². The molecule has 524 valence electrons. The van der Waals surface area contributed by atoms with Crippen molar-refractivity contribution in [1.82, 2.24) is 5.32 Å². The lowest BCUT2D eigenvalue weighted by Gasteiger charge is -2.40. The van der Waals surface area contributed by atoms with Crippen LogP contribution in [-0.4, -0.2) is 87.5 Å². The lowest BCUT2D eigenvalue weighted by atomic mass is 9.99. The number of allylic oxidation sites excluding steroid dienone is 7. The van der Waals surface area contributed by atoms with E-state index in [9.17, 15) is 30.3 Å². The molecule has 9 nitrogen and oxygen atoms in total. The number of hydrogen-bond donors (Lipinski definition) is 6. The molecular formula is C80H151NO8. The third kappa shape index (κ3) is 57.3. The molecule has 1 fully saturated rings. The van der Waals surface area contributed by atoms with Crippen LogP contribution in [-0.2, 0) is 14.3 Å². The first kappa shape index (κ1) is 85.2. The summed E-state index contributed by atoms with van der Waals surface area (Å²) in [5.41, 5.74) is 0. The van der Waals surface area contributed by atoms with Crippen molar-refractivity contribution in [3.8, 4) is 0 Å². The maximum absolute atomic E-state index is 13.2. The Balaban J connectivity index is 2.09. The smallest absolute Gasteiger partial charge is 0.220 e. The molecule has 89 heavy (non-hydrogen) atoms. The van der Waals surface area contributed by atoms with E-state index >= 15 is 0 Å². The fraction of sp³-hybridized carbons (Fsp3) is 0.887. The number of aliphatic hydroxyl groups is 5. The minimum absolute atomic E-state index is 0.179. The molecule has 1 rings (SSSR count). The van der Waals surface area contributed by atoms with Crippen molar-refractivity contribution in [1.29, 1.82) is 0 Å². The van der Waals surface area contributed by atoms with E-state index in [-0.39, 0.29) is 12.5 Å². The third-order valence-electron chi connectivity index (χ3n) is 18.9. The fourth-order valence-electron chi connectivity index (χ4n) is 12.7. The van der Waals surface area contributed by atoms with Crippen LogP contribution in [0.5, 0.6) is 0 Å². The first-order valence-corrected chi connectivity index (χ1v) is 39.4. The Morgan fingerprint density at radius 3 is 1.01 bits per heavy atom. The second kappa shape index (κ2) is 69.0. The van der Waals surface area contributed by atoms with Gasteiger partial charge in [-0.3, -0.25) is 4.79 Å². The minimum atomic E-state index is -1.57. The number of aliphatic hydroxyl groups excluding tert-OH is 5. The third-order valence-corrected chi connectivity index (χ3v) is 18.9. The molecule has 0 bridgehead atoms. The van der Waals surface area contributed by atoms with Crippen LogP contribution in [0.25, 0.3) is 0 Å². The largest absolute Gasteiger partial charge is 0.394 e. The highest BCUT2D eigenvalue weighted by atomic mass is 16.7. The Kier molecular flexibility index (Phi) is 66.0. The zero-order valence-electron chi connectivity index (χ0n) is 59.0. The van der Waals surface area contributed by atoms with Crippen LogP contribution >= 0.6 is 0 Å². The average Bonchev–Trinajstić information content (AvgIpc) is 2.28. The van der Waals surface area contributed by atoms with Crippen molar-refractivity contribution in [3.63, 3.8) is 0 Å². The molecule has 1 aliphatic rings. The van der Waals surface area contributed by atoms with Crippen molar-refractivity contribution < 1.29 is 39.8 Å². The van der Waals surface area contributed by atoms with Gasteiger partial charge in [-0.05, 0) is 64.2 Å². The highest BCUT2D eigenvalue weighted by molar-refractivity contribution is 5.76. The van der Waals surface area contributed by atoms with Gasteiger partial charge >= 0.3 is 0 Å². The van der Waals surface area contributed by atoms with Crippen molar-refractivity contribution >= 4 is 5.91 Å². The Labute approximate surface area is 552 Å². The molecule has 1 saturated heterocycles. The highest BCUT2D eigenvalue weighted by Gasteiger charge is 2.44. The molecule has 0 aromatic heterocycles. The molecule has 1 aliphatic heterocycles. The van der Waals surface area contributed by atoms with Gasteiger partial charge in [0.25, 0.3) is 0 Å². The molecule has 1 amide bonds. The molecule has 7 unspecified atom stereocenters. The number of hydrogen-bond acceptors (Lipinski definition) is 8. The molecule has 7 atom stereocenters. The zero-order chi connectivity index (χ0) is 64.2. The maximum atomic E-state index is 13.2. The molecule has 0 aliphatic carbocycles. The summed E-state index contributed by atoms with van der Waals surface area (Å²) in [6, 6.07) is -0.824. The quantitative estimate of drug-likeness (QED) is 0.0261. The van der Waals surface area contributed by atoms with Gasteiger partial charge in [-0.2, -0.15) is 0 Å². The van der Waals surface area contributed by atoms with Crippen LogP contribution in [0.2, 0.25) is 0 Å². The minimum Gasteiger partial charge on any atom is -0.394 e. The molecule has 9 heteroatoms. The van der Waals surface area contributed by atoms with Crippen molar-refractivity contribution in [2.45, 2.75) is 442 Å². The molecule has 0 saturated carbocycles. The van der Waals surface area contributed by atoms with E-state index in [1.807, 2.05) is 6.08 Å². The molecule has 1 heterocycles. The molecule has 6 N–H and O–H groups in total.